The van der Waals surface area contributed by atoms with Crippen molar-refractivity contribution in [1.29, 1.82) is 5.26 Å². The SMILES string of the molecule is COC(=O)c1c(C(F)F)ncc(C#N)c1I. The third-order valence-corrected chi connectivity index (χ3v) is 2.88. The Labute approximate surface area is 103 Å². The summed E-state index contributed by atoms with van der Waals surface area (Å²) in [6.07, 6.45) is -1.88. The molecule has 84 valence electrons. The van der Waals surface area contributed by atoms with E-state index in [0.29, 0.717) is 0 Å². The molecule has 0 saturated heterocycles. The third-order valence-electron chi connectivity index (χ3n) is 1.76. The lowest BCUT2D eigenvalue weighted by atomic mass is 10.1. The summed E-state index contributed by atoms with van der Waals surface area (Å²) in [6.45, 7) is 0. The molecule has 1 aromatic rings. The first kappa shape index (κ1) is 12.8. The Balaban J connectivity index is 3.50. The number of carbonyl (C=O) groups is 1. The van der Waals surface area contributed by atoms with Crippen molar-refractivity contribution < 1.29 is 18.3 Å². The standard InChI is InChI=1S/C9H5F2IN2O2/c1-16-9(15)5-6(12)4(2-13)3-14-7(5)8(10)11/h3,8H,1H3. The molecule has 0 spiro atoms. The van der Waals surface area contributed by atoms with Gasteiger partial charge in [-0.15, -0.1) is 0 Å². The minimum absolute atomic E-state index is 0.0606. The van der Waals surface area contributed by atoms with Crippen molar-refractivity contribution in [3.8, 4) is 6.07 Å². The summed E-state index contributed by atoms with van der Waals surface area (Å²) in [4.78, 5) is 14.7. The first-order valence-electron chi connectivity index (χ1n) is 3.97. The van der Waals surface area contributed by atoms with Gasteiger partial charge in [0.1, 0.15) is 17.3 Å². The molecule has 0 unspecified atom stereocenters. The number of methoxy groups -OCH3 is 1. The molecule has 0 fully saturated rings. The monoisotopic (exact) mass is 338 g/mol. The fourth-order valence-corrected chi connectivity index (χ4v) is 1.80. The van der Waals surface area contributed by atoms with E-state index in [1.807, 2.05) is 0 Å². The van der Waals surface area contributed by atoms with Crippen molar-refractivity contribution in [3.05, 3.63) is 26.6 Å². The quantitative estimate of drug-likeness (QED) is 0.613. The van der Waals surface area contributed by atoms with E-state index >= 15 is 0 Å². The number of hydrogen-bond acceptors (Lipinski definition) is 4. The number of carbonyl (C=O) groups excluding carboxylic acids is 1. The number of ether oxygens (including phenoxy) is 1. The van der Waals surface area contributed by atoms with Crippen LogP contribution >= 0.6 is 22.6 Å². The Morgan fingerprint density at radius 1 is 1.69 bits per heavy atom. The molecule has 0 radical (unpaired) electrons. The van der Waals surface area contributed by atoms with Crippen LogP contribution in [-0.2, 0) is 4.74 Å². The molecule has 7 heteroatoms. The predicted molar refractivity (Wildman–Crippen MR) is 58.0 cm³/mol. The van der Waals surface area contributed by atoms with Crippen LogP contribution in [0, 0.1) is 14.9 Å². The highest BCUT2D eigenvalue weighted by molar-refractivity contribution is 14.1. The van der Waals surface area contributed by atoms with Gasteiger partial charge in [-0.2, -0.15) is 5.26 Å². The Kier molecular flexibility index (Phi) is 4.12. The molecular formula is C9H5F2IN2O2. The maximum absolute atomic E-state index is 12.6. The molecule has 16 heavy (non-hydrogen) atoms. The fraction of sp³-hybridized carbons (Fsp3) is 0.222. The molecule has 0 N–H and O–H groups in total. The first-order valence-corrected chi connectivity index (χ1v) is 5.05. The van der Waals surface area contributed by atoms with Crippen molar-refractivity contribution >= 4 is 28.6 Å². The van der Waals surface area contributed by atoms with Crippen molar-refractivity contribution in [3.63, 3.8) is 0 Å². The molecule has 0 aliphatic heterocycles. The van der Waals surface area contributed by atoms with Gasteiger partial charge in [0, 0.05) is 9.77 Å². The number of esters is 1. The van der Waals surface area contributed by atoms with Crippen LogP contribution in [0.3, 0.4) is 0 Å². The zero-order valence-corrected chi connectivity index (χ0v) is 10.2. The average Bonchev–Trinajstić information content (AvgIpc) is 2.27. The van der Waals surface area contributed by atoms with Crippen LogP contribution in [0.5, 0.6) is 0 Å². The second kappa shape index (κ2) is 5.16. The van der Waals surface area contributed by atoms with Crippen LogP contribution in [0.15, 0.2) is 6.20 Å². The lowest BCUT2D eigenvalue weighted by Crippen LogP contribution is -2.12. The van der Waals surface area contributed by atoms with Crippen molar-refractivity contribution in [2.75, 3.05) is 7.11 Å². The molecule has 1 heterocycles. The van der Waals surface area contributed by atoms with Crippen LogP contribution in [-0.4, -0.2) is 18.1 Å². The summed E-state index contributed by atoms with van der Waals surface area (Å²) in [7, 11) is 1.08. The molecule has 0 aliphatic rings. The van der Waals surface area contributed by atoms with Gasteiger partial charge in [-0.1, -0.05) is 0 Å². The number of hydrogen-bond donors (Lipinski definition) is 0. The summed E-state index contributed by atoms with van der Waals surface area (Å²) in [5.41, 5.74) is -0.960. The van der Waals surface area contributed by atoms with Gasteiger partial charge in [0.15, 0.2) is 0 Å². The van der Waals surface area contributed by atoms with E-state index in [0.717, 1.165) is 13.3 Å². The minimum atomic E-state index is -2.89. The zero-order valence-electron chi connectivity index (χ0n) is 8.00. The van der Waals surface area contributed by atoms with E-state index in [4.69, 9.17) is 5.26 Å². The second-order valence-electron chi connectivity index (χ2n) is 2.65. The number of nitrogens with zero attached hydrogens (tertiary/aromatic N) is 2. The summed E-state index contributed by atoms with van der Waals surface area (Å²) in [6, 6.07) is 1.76. The molecule has 4 nitrogen and oxygen atoms in total. The Hall–Kier alpha value is -1.30. The van der Waals surface area contributed by atoms with E-state index < -0.39 is 18.1 Å². The van der Waals surface area contributed by atoms with Gasteiger partial charge in [-0.05, 0) is 22.6 Å². The third kappa shape index (κ3) is 2.27. The lowest BCUT2D eigenvalue weighted by molar-refractivity contribution is 0.0585. The molecule has 0 atom stereocenters. The van der Waals surface area contributed by atoms with Crippen LogP contribution in [0.4, 0.5) is 8.78 Å². The number of rotatable bonds is 2. The van der Waals surface area contributed by atoms with Gasteiger partial charge >= 0.3 is 5.97 Å². The van der Waals surface area contributed by atoms with E-state index in [2.05, 4.69) is 9.72 Å². The Bertz CT molecular complexity index is 471. The van der Waals surface area contributed by atoms with Gasteiger partial charge in [0.2, 0.25) is 0 Å². The summed E-state index contributed by atoms with van der Waals surface area (Å²) < 4.78 is 29.7. The van der Waals surface area contributed by atoms with Gasteiger partial charge in [-0.25, -0.2) is 13.6 Å². The first-order chi connectivity index (χ1) is 7.52. The van der Waals surface area contributed by atoms with E-state index in [9.17, 15) is 13.6 Å². The van der Waals surface area contributed by atoms with Gasteiger partial charge in [0.25, 0.3) is 6.43 Å². The molecule has 0 amide bonds. The lowest BCUT2D eigenvalue weighted by Gasteiger charge is -2.08. The molecule has 0 bridgehead atoms. The summed E-state index contributed by atoms with van der Waals surface area (Å²) in [5.74, 6) is -0.927. The van der Waals surface area contributed by atoms with Crippen molar-refractivity contribution in [1.82, 2.24) is 4.98 Å². The Morgan fingerprint density at radius 2 is 2.31 bits per heavy atom. The normalized spacial score (nSPS) is 10.0. The van der Waals surface area contributed by atoms with Crippen LogP contribution in [0.25, 0.3) is 0 Å². The largest absolute Gasteiger partial charge is 0.465 e. The second-order valence-corrected chi connectivity index (χ2v) is 3.73. The number of nitriles is 1. The van der Waals surface area contributed by atoms with Gasteiger partial charge in [-0.3, -0.25) is 4.98 Å². The smallest absolute Gasteiger partial charge is 0.341 e. The number of pyridine rings is 1. The van der Waals surface area contributed by atoms with Crippen molar-refractivity contribution in [2.45, 2.75) is 6.43 Å². The van der Waals surface area contributed by atoms with Crippen LogP contribution < -0.4 is 0 Å². The van der Waals surface area contributed by atoms with Gasteiger partial charge in [0.05, 0.1) is 12.7 Å². The van der Waals surface area contributed by atoms with Crippen molar-refractivity contribution in [2.24, 2.45) is 0 Å². The molecule has 0 aliphatic carbocycles. The molecule has 0 aromatic carbocycles. The number of aromatic nitrogens is 1. The number of alkyl halides is 2. The topological polar surface area (TPSA) is 63.0 Å². The molecule has 1 aromatic heterocycles. The average molecular weight is 338 g/mol. The Morgan fingerprint density at radius 3 is 2.75 bits per heavy atom. The van der Waals surface area contributed by atoms with E-state index in [1.54, 1.807) is 28.7 Å². The van der Waals surface area contributed by atoms with E-state index in [-0.39, 0.29) is 14.7 Å². The highest BCUT2D eigenvalue weighted by Crippen LogP contribution is 2.27. The molecule has 1 rings (SSSR count). The van der Waals surface area contributed by atoms with Crippen LogP contribution in [0.1, 0.15) is 28.0 Å². The minimum Gasteiger partial charge on any atom is -0.465 e. The van der Waals surface area contributed by atoms with Crippen LogP contribution in [0.2, 0.25) is 0 Å². The van der Waals surface area contributed by atoms with E-state index in [1.165, 1.54) is 0 Å². The zero-order chi connectivity index (χ0) is 12.3. The maximum Gasteiger partial charge on any atom is 0.341 e. The summed E-state index contributed by atoms with van der Waals surface area (Å²) >= 11 is 1.64. The van der Waals surface area contributed by atoms with Gasteiger partial charge < -0.3 is 4.74 Å². The highest BCUT2D eigenvalue weighted by atomic mass is 127. The number of halogens is 3. The highest BCUT2D eigenvalue weighted by Gasteiger charge is 2.25. The molecular weight excluding hydrogens is 333 g/mol. The molecule has 0 saturated carbocycles. The predicted octanol–water partition coefficient (Wildman–Crippen LogP) is 2.28. The maximum atomic E-state index is 12.6. The summed E-state index contributed by atoms with van der Waals surface area (Å²) in [5, 5.41) is 8.69. The fourth-order valence-electron chi connectivity index (χ4n) is 1.04.